The lowest BCUT2D eigenvalue weighted by molar-refractivity contribution is -0.128. The topological polar surface area (TPSA) is 59.8 Å². The molecular formula is C15H18N4O. The molecule has 1 heterocycles. The SMILES string of the molecule is C[C@H](NC(=O)C1CCC1)c1ccc(-n2cncn2)cc1. The third kappa shape index (κ3) is 2.57. The molecule has 0 saturated heterocycles. The molecule has 1 aliphatic carbocycles. The van der Waals surface area contributed by atoms with Gasteiger partial charge in [-0.25, -0.2) is 9.67 Å². The zero-order chi connectivity index (χ0) is 13.9. The standard InChI is InChI=1S/C15H18N4O/c1-11(18-15(20)13-3-2-4-13)12-5-7-14(8-6-12)19-10-16-9-17-19/h5-11,13H,2-4H2,1H3,(H,18,20)/t11-/m0/s1. The maximum Gasteiger partial charge on any atom is 0.223 e. The summed E-state index contributed by atoms with van der Waals surface area (Å²) in [5.41, 5.74) is 2.06. The van der Waals surface area contributed by atoms with Gasteiger partial charge in [-0.15, -0.1) is 0 Å². The molecule has 104 valence electrons. The van der Waals surface area contributed by atoms with Crippen LogP contribution in [-0.2, 0) is 4.79 Å². The van der Waals surface area contributed by atoms with Gasteiger partial charge in [-0.1, -0.05) is 18.6 Å². The van der Waals surface area contributed by atoms with E-state index in [9.17, 15) is 4.79 Å². The highest BCUT2D eigenvalue weighted by atomic mass is 16.2. The van der Waals surface area contributed by atoms with Crippen LogP contribution in [0.15, 0.2) is 36.9 Å². The van der Waals surface area contributed by atoms with Crippen LogP contribution in [-0.4, -0.2) is 20.7 Å². The first-order valence-corrected chi connectivity index (χ1v) is 6.99. The largest absolute Gasteiger partial charge is 0.349 e. The van der Waals surface area contributed by atoms with Crippen LogP contribution in [0.25, 0.3) is 5.69 Å². The molecule has 1 amide bonds. The first kappa shape index (κ1) is 12.8. The Bertz CT molecular complexity index is 572. The molecule has 1 atom stereocenters. The van der Waals surface area contributed by atoms with Gasteiger partial charge in [0.1, 0.15) is 12.7 Å². The molecule has 0 aliphatic heterocycles. The van der Waals surface area contributed by atoms with E-state index in [1.54, 1.807) is 11.0 Å². The molecule has 1 fully saturated rings. The molecule has 5 nitrogen and oxygen atoms in total. The van der Waals surface area contributed by atoms with Gasteiger partial charge >= 0.3 is 0 Å². The Morgan fingerprint density at radius 1 is 1.35 bits per heavy atom. The molecule has 3 rings (SSSR count). The number of carbonyl (C=O) groups excluding carboxylic acids is 1. The van der Waals surface area contributed by atoms with Crippen molar-refractivity contribution >= 4 is 5.91 Å². The number of hydrogen-bond acceptors (Lipinski definition) is 3. The van der Waals surface area contributed by atoms with E-state index in [2.05, 4.69) is 15.4 Å². The Hall–Kier alpha value is -2.17. The van der Waals surface area contributed by atoms with Gasteiger partial charge in [0.2, 0.25) is 5.91 Å². The Morgan fingerprint density at radius 3 is 2.65 bits per heavy atom. The summed E-state index contributed by atoms with van der Waals surface area (Å²) >= 11 is 0. The van der Waals surface area contributed by atoms with E-state index in [-0.39, 0.29) is 17.9 Å². The Morgan fingerprint density at radius 2 is 2.10 bits per heavy atom. The Labute approximate surface area is 118 Å². The summed E-state index contributed by atoms with van der Waals surface area (Å²) in [6.45, 7) is 2.01. The monoisotopic (exact) mass is 270 g/mol. The normalized spacial score (nSPS) is 16.4. The first-order valence-electron chi connectivity index (χ1n) is 6.99. The summed E-state index contributed by atoms with van der Waals surface area (Å²) in [5.74, 6) is 0.413. The van der Waals surface area contributed by atoms with Crippen LogP contribution in [0.2, 0.25) is 0 Å². The zero-order valence-corrected chi connectivity index (χ0v) is 11.5. The summed E-state index contributed by atoms with van der Waals surface area (Å²) in [6, 6.07) is 8.03. The fourth-order valence-electron chi connectivity index (χ4n) is 2.34. The number of hydrogen-bond donors (Lipinski definition) is 1. The Balaban J connectivity index is 1.66. The molecule has 0 radical (unpaired) electrons. The van der Waals surface area contributed by atoms with Crippen molar-refractivity contribution in [3.05, 3.63) is 42.5 Å². The molecule has 0 bridgehead atoms. The summed E-state index contributed by atoms with van der Waals surface area (Å²) in [6.07, 6.45) is 6.42. The van der Waals surface area contributed by atoms with Crippen LogP contribution >= 0.6 is 0 Å². The van der Waals surface area contributed by atoms with Crippen molar-refractivity contribution < 1.29 is 4.79 Å². The Kier molecular flexibility index (Phi) is 3.50. The second kappa shape index (κ2) is 5.45. The minimum absolute atomic E-state index is 0.0351. The minimum Gasteiger partial charge on any atom is -0.349 e. The molecule has 5 heteroatoms. The summed E-state index contributed by atoms with van der Waals surface area (Å²) < 4.78 is 1.71. The predicted octanol–water partition coefficient (Wildman–Crippen LogP) is 2.24. The number of amides is 1. The lowest BCUT2D eigenvalue weighted by Crippen LogP contribution is -2.35. The van der Waals surface area contributed by atoms with E-state index in [4.69, 9.17) is 0 Å². The van der Waals surface area contributed by atoms with E-state index in [1.807, 2.05) is 31.2 Å². The molecule has 0 spiro atoms. The van der Waals surface area contributed by atoms with E-state index in [0.29, 0.717) is 0 Å². The second-order valence-corrected chi connectivity index (χ2v) is 5.29. The van der Waals surface area contributed by atoms with Crippen molar-refractivity contribution in [1.29, 1.82) is 0 Å². The lowest BCUT2D eigenvalue weighted by atomic mass is 9.84. The smallest absolute Gasteiger partial charge is 0.223 e. The van der Waals surface area contributed by atoms with E-state index in [0.717, 1.165) is 24.1 Å². The van der Waals surface area contributed by atoms with Crippen LogP contribution in [0.4, 0.5) is 0 Å². The van der Waals surface area contributed by atoms with Crippen LogP contribution < -0.4 is 5.32 Å². The molecule has 1 N–H and O–H groups in total. The quantitative estimate of drug-likeness (QED) is 0.927. The number of nitrogens with zero attached hydrogens (tertiary/aromatic N) is 3. The average Bonchev–Trinajstić information content (AvgIpc) is 2.90. The molecule has 1 aliphatic rings. The second-order valence-electron chi connectivity index (χ2n) is 5.29. The number of carbonyl (C=O) groups is 1. The van der Waals surface area contributed by atoms with E-state index >= 15 is 0 Å². The maximum atomic E-state index is 11.9. The zero-order valence-electron chi connectivity index (χ0n) is 11.5. The van der Waals surface area contributed by atoms with Gasteiger partial charge in [-0.3, -0.25) is 4.79 Å². The highest BCUT2D eigenvalue weighted by Gasteiger charge is 2.26. The summed E-state index contributed by atoms with van der Waals surface area (Å²) in [5, 5.41) is 7.17. The number of rotatable bonds is 4. The van der Waals surface area contributed by atoms with Crippen LogP contribution in [0.3, 0.4) is 0 Å². The first-order chi connectivity index (χ1) is 9.74. The maximum absolute atomic E-state index is 11.9. The van der Waals surface area contributed by atoms with Crippen molar-refractivity contribution in [3.63, 3.8) is 0 Å². The minimum atomic E-state index is 0.0351. The van der Waals surface area contributed by atoms with E-state index < -0.39 is 0 Å². The lowest BCUT2D eigenvalue weighted by Gasteiger charge is -2.26. The van der Waals surface area contributed by atoms with Gasteiger partial charge in [-0.05, 0) is 37.5 Å². The average molecular weight is 270 g/mol. The summed E-state index contributed by atoms with van der Waals surface area (Å²) in [7, 11) is 0. The highest BCUT2D eigenvalue weighted by Crippen LogP contribution is 2.27. The third-order valence-corrected chi connectivity index (χ3v) is 3.91. The number of aromatic nitrogens is 3. The number of nitrogens with one attached hydrogen (secondary N) is 1. The van der Waals surface area contributed by atoms with E-state index in [1.165, 1.54) is 12.7 Å². The fourth-order valence-corrected chi connectivity index (χ4v) is 2.34. The van der Waals surface area contributed by atoms with Crippen molar-refractivity contribution in [2.24, 2.45) is 5.92 Å². The van der Waals surface area contributed by atoms with Crippen LogP contribution in [0.1, 0.15) is 37.8 Å². The van der Waals surface area contributed by atoms with Gasteiger partial charge in [0, 0.05) is 5.92 Å². The highest BCUT2D eigenvalue weighted by molar-refractivity contribution is 5.79. The number of benzene rings is 1. The van der Waals surface area contributed by atoms with Gasteiger partial charge < -0.3 is 5.32 Å². The van der Waals surface area contributed by atoms with Gasteiger partial charge in [0.25, 0.3) is 0 Å². The van der Waals surface area contributed by atoms with Crippen molar-refractivity contribution in [2.75, 3.05) is 0 Å². The molecular weight excluding hydrogens is 252 g/mol. The van der Waals surface area contributed by atoms with Gasteiger partial charge in [0.05, 0.1) is 11.7 Å². The summed E-state index contributed by atoms with van der Waals surface area (Å²) in [4.78, 5) is 15.9. The molecule has 20 heavy (non-hydrogen) atoms. The fraction of sp³-hybridized carbons (Fsp3) is 0.400. The molecule has 1 saturated carbocycles. The van der Waals surface area contributed by atoms with Gasteiger partial charge in [0.15, 0.2) is 0 Å². The van der Waals surface area contributed by atoms with Crippen molar-refractivity contribution in [1.82, 2.24) is 20.1 Å². The van der Waals surface area contributed by atoms with Crippen molar-refractivity contribution in [3.8, 4) is 5.69 Å². The van der Waals surface area contributed by atoms with Crippen LogP contribution in [0.5, 0.6) is 0 Å². The predicted molar refractivity (Wildman–Crippen MR) is 75.3 cm³/mol. The third-order valence-electron chi connectivity index (χ3n) is 3.91. The van der Waals surface area contributed by atoms with Crippen molar-refractivity contribution in [2.45, 2.75) is 32.2 Å². The van der Waals surface area contributed by atoms with Crippen LogP contribution in [0, 0.1) is 5.92 Å². The van der Waals surface area contributed by atoms with Gasteiger partial charge in [-0.2, -0.15) is 5.10 Å². The molecule has 0 unspecified atom stereocenters. The molecule has 2 aromatic rings. The molecule has 1 aromatic heterocycles. The molecule has 1 aromatic carbocycles.